The van der Waals surface area contributed by atoms with Crippen LogP contribution in [-0.4, -0.2) is 47.8 Å². The molecule has 0 N–H and O–H groups in total. The van der Waals surface area contributed by atoms with Gasteiger partial charge in [-0.15, -0.1) is 0 Å². The van der Waals surface area contributed by atoms with E-state index in [1.54, 1.807) is 11.8 Å². The first-order valence-electron chi connectivity index (χ1n) is 12.1. The number of ether oxygens (including phenoxy) is 1. The third-order valence-corrected chi connectivity index (χ3v) is 6.92. The smallest absolute Gasteiger partial charge is 0.410 e. The van der Waals surface area contributed by atoms with Crippen molar-refractivity contribution in [3.05, 3.63) is 60.3 Å². The van der Waals surface area contributed by atoms with E-state index in [1.165, 1.54) is 16.1 Å². The van der Waals surface area contributed by atoms with Crippen molar-refractivity contribution >= 4 is 34.4 Å². The molecular weight excluding hydrogens is 442 g/mol. The number of rotatable bonds is 4. The zero-order chi connectivity index (χ0) is 24.3. The molecule has 0 bridgehead atoms. The normalized spacial score (nSPS) is 15.0. The van der Waals surface area contributed by atoms with E-state index >= 15 is 0 Å². The van der Waals surface area contributed by atoms with Crippen molar-refractivity contribution in [3.8, 4) is 0 Å². The number of fused-ring (bicyclic) bond motifs is 1. The topological polar surface area (TPSA) is 45.7 Å². The number of anilines is 1. The molecule has 6 heteroatoms. The molecule has 1 aliphatic rings. The van der Waals surface area contributed by atoms with Crippen molar-refractivity contribution < 1.29 is 9.53 Å². The Labute approximate surface area is 207 Å². The molecule has 0 saturated carbocycles. The van der Waals surface area contributed by atoms with Gasteiger partial charge >= 0.3 is 6.09 Å². The van der Waals surface area contributed by atoms with Gasteiger partial charge in [0.25, 0.3) is 0 Å². The minimum absolute atomic E-state index is 0.226. The maximum absolute atomic E-state index is 12.6. The van der Waals surface area contributed by atoms with Gasteiger partial charge in [0.15, 0.2) is 0 Å². The van der Waals surface area contributed by atoms with E-state index in [9.17, 15) is 4.79 Å². The van der Waals surface area contributed by atoms with Crippen LogP contribution in [0.5, 0.6) is 0 Å². The number of nitrogens with zero attached hydrogens (tertiary/aromatic N) is 3. The van der Waals surface area contributed by atoms with Crippen molar-refractivity contribution in [2.75, 3.05) is 31.1 Å². The number of aromatic nitrogens is 1. The van der Waals surface area contributed by atoms with Crippen molar-refractivity contribution in [1.29, 1.82) is 0 Å². The van der Waals surface area contributed by atoms with Crippen LogP contribution in [0.1, 0.15) is 52.5 Å². The first-order valence-corrected chi connectivity index (χ1v) is 12.9. The van der Waals surface area contributed by atoms with Gasteiger partial charge in [0.1, 0.15) is 5.60 Å². The summed E-state index contributed by atoms with van der Waals surface area (Å²) in [6.07, 6.45) is 2.63. The maximum Gasteiger partial charge on any atom is 0.410 e. The van der Waals surface area contributed by atoms with Crippen LogP contribution in [0.25, 0.3) is 10.9 Å². The number of hydrogen-bond acceptors (Lipinski definition) is 5. The molecule has 3 aromatic rings. The van der Waals surface area contributed by atoms with Crippen molar-refractivity contribution in [2.24, 2.45) is 0 Å². The Morgan fingerprint density at radius 2 is 1.76 bits per heavy atom. The third-order valence-electron chi connectivity index (χ3n) is 5.95. The molecule has 0 aliphatic carbocycles. The van der Waals surface area contributed by atoms with E-state index < -0.39 is 5.60 Å². The Hall–Kier alpha value is -2.73. The van der Waals surface area contributed by atoms with Gasteiger partial charge < -0.3 is 14.5 Å². The molecular formula is C28H35N3O2S. The predicted molar refractivity (Wildman–Crippen MR) is 141 cm³/mol. The van der Waals surface area contributed by atoms with Crippen LogP contribution >= 0.6 is 11.8 Å². The fourth-order valence-electron chi connectivity index (χ4n) is 4.17. The second kappa shape index (κ2) is 10.3. The molecule has 1 amide bonds. The fourth-order valence-corrected chi connectivity index (χ4v) is 5.00. The summed E-state index contributed by atoms with van der Waals surface area (Å²) in [4.78, 5) is 23.9. The quantitative estimate of drug-likeness (QED) is 0.407. The Kier molecular flexibility index (Phi) is 7.36. The van der Waals surface area contributed by atoms with Gasteiger partial charge in [-0.2, -0.15) is 0 Å². The molecule has 0 unspecified atom stereocenters. The number of amides is 1. The lowest BCUT2D eigenvalue weighted by Crippen LogP contribution is -2.39. The average Bonchev–Trinajstić information content (AvgIpc) is 3.04. The molecule has 1 aliphatic heterocycles. The number of carbonyl (C=O) groups is 1. The number of carbonyl (C=O) groups excluding carboxylic acids is 1. The third kappa shape index (κ3) is 6.03. The first kappa shape index (κ1) is 24.4. The highest BCUT2D eigenvalue weighted by Crippen LogP contribution is 2.34. The Morgan fingerprint density at radius 3 is 2.47 bits per heavy atom. The molecule has 1 saturated heterocycles. The summed E-state index contributed by atoms with van der Waals surface area (Å²) in [5.74, 6) is 0.531. The van der Waals surface area contributed by atoms with Gasteiger partial charge in [-0.3, -0.25) is 4.98 Å². The highest BCUT2D eigenvalue weighted by Gasteiger charge is 2.25. The summed E-state index contributed by atoms with van der Waals surface area (Å²) in [7, 11) is 0. The molecule has 2 aromatic carbocycles. The summed E-state index contributed by atoms with van der Waals surface area (Å²) in [5.41, 5.74) is 3.04. The number of benzene rings is 2. The highest BCUT2D eigenvalue weighted by atomic mass is 32.2. The predicted octanol–water partition coefficient (Wildman–Crippen LogP) is 6.96. The molecule has 0 atom stereocenters. The zero-order valence-corrected chi connectivity index (χ0v) is 21.7. The van der Waals surface area contributed by atoms with Gasteiger partial charge in [-0.05, 0) is 69.0 Å². The monoisotopic (exact) mass is 477 g/mol. The standard InChI is InChI=1S/C28H35N3O2S/c1-20(2)21-10-12-22(13-11-21)34-23-18-24-25(29-19-23)8-6-9-26(24)30-14-7-15-31(17-16-30)27(32)33-28(3,4)5/h6,8-13,18-20H,7,14-17H2,1-5H3. The van der Waals surface area contributed by atoms with Gasteiger partial charge in [-0.25, -0.2) is 4.79 Å². The summed E-state index contributed by atoms with van der Waals surface area (Å²) in [5, 5.41) is 1.15. The van der Waals surface area contributed by atoms with Crippen molar-refractivity contribution in [2.45, 2.75) is 62.3 Å². The van der Waals surface area contributed by atoms with Gasteiger partial charge in [0, 0.05) is 53.2 Å². The van der Waals surface area contributed by atoms with Crippen LogP contribution in [0, 0.1) is 0 Å². The second-order valence-electron chi connectivity index (χ2n) is 10.1. The number of pyridine rings is 1. The summed E-state index contributed by atoms with van der Waals surface area (Å²) in [6.45, 7) is 13.2. The first-order chi connectivity index (χ1) is 16.2. The maximum atomic E-state index is 12.6. The Balaban J connectivity index is 1.53. The van der Waals surface area contributed by atoms with Crippen LogP contribution < -0.4 is 4.90 Å². The van der Waals surface area contributed by atoms with E-state index in [2.05, 4.69) is 67.3 Å². The van der Waals surface area contributed by atoms with Crippen LogP contribution in [0.2, 0.25) is 0 Å². The lowest BCUT2D eigenvalue weighted by Gasteiger charge is -2.27. The Morgan fingerprint density at radius 1 is 1.00 bits per heavy atom. The Bertz CT molecular complexity index is 1140. The van der Waals surface area contributed by atoms with Gasteiger partial charge in [-0.1, -0.05) is 43.8 Å². The lowest BCUT2D eigenvalue weighted by atomic mass is 10.0. The van der Waals surface area contributed by atoms with Crippen LogP contribution in [0.15, 0.2) is 64.5 Å². The molecule has 180 valence electrons. The summed E-state index contributed by atoms with van der Waals surface area (Å²) >= 11 is 1.74. The minimum Gasteiger partial charge on any atom is -0.444 e. The van der Waals surface area contributed by atoms with E-state index in [0.717, 1.165) is 35.3 Å². The fraction of sp³-hybridized carbons (Fsp3) is 0.429. The summed E-state index contributed by atoms with van der Waals surface area (Å²) in [6, 6.07) is 17.3. The van der Waals surface area contributed by atoms with E-state index in [1.807, 2.05) is 31.9 Å². The molecule has 1 fully saturated rings. The molecule has 0 radical (unpaired) electrons. The number of hydrogen-bond donors (Lipinski definition) is 0. The highest BCUT2D eigenvalue weighted by molar-refractivity contribution is 7.99. The van der Waals surface area contributed by atoms with Crippen molar-refractivity contribution in [3.63, 3.8) is 0 Å². The largest absolute Gasteiger partial charge is 0.444 e. The van der Waals surface area contributed by atoms with Crippen LogP contribution in [0.3, 0.4) is 0 Å². The molecule has 5 nitrogen and oxygen atoms in total. The zero-order valence-electron chi connectivity index (χ0n) is 20.9. The molecule has 4 rings (SSSR count). The van der Waals surface area contributed by atoms with E-state index in [0.29, 0.717) is 19.0 Å². The molecule has 1 aromatic heterocycles. The molecule has 34 heavy (non-hydrogen) atoms. The van der Waals surface area contributed by atoms with Gasteiger partial charge in [0.05, 0.1) is 5.52 Å². The molecule has 2 heterocycles. The van der Waals surface area contributed by atoms with Gasteiger partial charge in [0.2, 0.25) is 0 Å². The van der Waals surface area contributed by atoms with E-state index in [4.69, 9.17) is 9.72 Å². The van der Waals surface area contributed by atoms with Crippen molar-refractivity contribution in [1.82, 2.24) is 9.88 Å². The van der Waals surface area contributed by atoms with Crippen LogP contribution in [0.4, 0.5) is 10.5 Å². The van der Waals surface area contributed by atoms with E-state index in [-0.39, 0.29) is 6.09 Å². The average molecular weight is 478 g/mol. The lowest BCUT2D eigenvalue weighted by molar-refractivity contribution is 0.0263. The summed E-state index contributed by atoms with van der Waals surface area (Å²) < 4.78 is 5.59. The molecule has 0 spiro atoms. The minimum atomic E-state index is -0.479. The SMILES string of the molecule is CC(C)c1ccc(Sc2cnc3cccc(N4CCCN(C(=O)OC(C)(C)C)CC4)c3c2)cc1. The second-order valence-corrected chi connectivity index (χ2v) is 11.3. The van der Waals surface area contributed by atoms with Crippen LogP contribution in [-0.2, 0) is 4.74 Å².